The van der Waals surface area contributed by atoms with Crippen molar-refractivity contribution in [2.45, 2.75) is 18.7 Å². The van der Waals surface area contributed by atoms with Crippen LogP contribution in [0.2, 0.25) is 0 Å². The maximum Gasteiger partial charge on any atom is 0.323 e. The first-order valence-electron chi connectivity index (χ1n) is 6.66. The quantitative estimate of drug-likeness (QED) is 0.825. The molecule has 110 valence electrons. The van der Waals surface area contributed by atoms with Crippen molar-refractivity contribution < 1.29 is 9.53 Å². The summed E-state index contributed by atoms with van der Waals surface area (Å²) in [6, 6.07) is 7.35. The fourth-order valence-electron chi connectivity index (χ4n) is 2.03. The molecule has 0 spiro atoms. The summed E-state index contributed by atoms with van der Waals surface area (Å²) < 4.78 is 6.80. The highest BCUT2D eigenvalue weighted by molar-refractivity contribution is 7.98. The number of pyridine rings is 1. The van der Waals surface area contributed by atoms with Crippen LogP contribution in [-0.2, 0) is 15.3 Å². The minimum absolute atomic E-state index is 0.334. The van der Waals surface area contributed by atoms with Crippen LogP contribution in [0.15, 0.2) is 30.6 Å². The Morgan fingerprint density at radius 1 is 1.57 bits per heavy atom. The molecule has 0 fully saturated rings. The number of nitrogens with zero attached hydrogens (tertiary/aromatic N) is 2. The van der Waals surface area contributed by atoms with Crippen molar-refractivity contribution in [3.63, 3.8) is 0 Å². The largest absolute Gasteiger partial charge is 0.465 e. The molecule has 1 unspecified atom stereocenters. The van der Waals surface area contributed by atoms with Gasteiger partial charge in [0.05, 0.1) is 17.7 Å². The van der Waals surface area contributed by atoms with Crippen molar-refractivity contribution in [1.29, 1.82) is 5.26 Å². The van der Waals surface area contributed by atoms with E-state index in [1.807, 2.05) is 35.0 Å². The lowest BCUT2D eigenvalue weighted by molar-refractivity contribution is -0.144. The van der Waals surface area contributed by atoms with Gasteiger partial charge in [-0.25, -0.2) is 0 Å². The molecule has 0 saturated heterocycles. The van der Waals surface area contributed by atoms with Gasteiger partial charge in [-0.05, 0) is 24.6 Å². The molecular formula is C15H17N3O2S. The molecule has 2 aromatic rings. The molecule has 0 aromatic carbocycles. The number of carbonyl (C=O) groups excluding carboxylic acids is 1. The summed E-state index contributed by atoms with van der Waals surface area (Å²) in [5.74, 6) is 0.723. The van der Waals surface area contributed by atoms with Crippen molar-refractivity contribution in [3.8, 4) is 6.07 Å². The standard InChI is InChI=1S/C15H17N3O2S/c1-2-20-15(19)13(17)10-21-9-11-8-18-6-4-3-5-14(18)12(11)7-16/h3-6,8,13H,2,9-10,17H2,1H3. The Bertz CT molecular complexity index is 675. The van der Waals surface area contributed by atoms with E-state index in [0.29, 0.717) is 23.7 Å². The first kappa shape index (κ1) is 15.4. The summed E-state index contributed by atoms with van der Waals surface area (Å²) >= 11 is 1.52. The van der Waals surface area contributed by atoms with Gasteiger partial charge in [0.1, 0.15) is 12.1 Å². The van der Waals surface area contributed by atoms with Gasteiger partial charge in [-0.15, -0.1) is 0 Å². The first-order chi connectivity index (χ1) is 10.2. The van der Waals surface area contributed by atoms with Gasteiger partial charge in [0.2, 0.25) is 0 Å². The number of aromatic nitrogens is 1. The van der Waals surface area contributed by atoms with E-state index in [-0.39, 0.29) is 5.97 Å². The third kappa shape index (κ3) is 3.57. The van der Waals surface area contributed by atoms with Gasteiger partial charge in [-0.2, -0.15) is 17.0 Å². The Kier molecular flexibility index (Phi) is 5.26. The number of carbonyl (C=O) groups is 1. The molecule has 0 saturated carbocycles. The molecule has 0 aliphatic rings. The van der Waals surface area contributed by atoms with E-state index in [0.717, 1.165) is 11.1 Å². The van der Waals surface area contributed by atoms with Gasteiger partial charge in [0.25, 0.3) is 0 Å². The van der Waals surface area contributed by atoms with E-state index in [2.05, 4.69) is 6.07 Å². The monoisotopic (exact) mass is 303 g/mol. The molecule has 2 rings (SSSR count). The number of esters is 1. The molecule has 0 radical (unpaired) electrons. The molecule has 2 N–H and O–H groups in total. The number of thioether (sulfide) groups is 1. The predicted molar refractivity (Wildman–Crippen MR) is 82.9 cm³/mol. The Labute approximate surface area is 127 Å². The lowest BCUT2D eigenvalue weighted by atomic mass is 10.2. The lowest BCUT2D eigenvalue weighted by Gasteiger charge is -2.09. The third-order valence-electron chi connectivity index (χ3n) is 3.02. The van der Waals surface area contributed by atoms with Gasteiger partial charge >= 0.3 is 5.97 Å². The van der Waals surface area contributed by atoms with Crippen molar-refractivity contribution in [3.05, 3.63) is 41.7 Å². The van der Waals surface area contributed by atoms with E-state index in [9.17, 15) is 10.1 Å². The van der Waals surface area contributed by atoms with Gasteiger partial charge in [0.15, 0.2) is 0 Å². The van der Waals surface area contributed by atoms with Crippen LogP contribution in [0.5, 0.6) is 0 Å². The molecule has 6 heteroatoms. The van der Waals surface area contributed by atoms with Gasteiger partial charge < -0.3 is 14.9 Å². The maximum absolute atomic E-state index is 11.4. The number of hydrogen-bond acceptors (Lipinski definition) is 5. The van der Waals surface area contributed by atoms with E-state index < -0.39 is 6.04 Å². The Balaban J connectivity index is 2.01. The highest BCUT2D eigenvalue weighted by Crippen LogP contribution is 2.22. The van der Waals surface area contributed by atoms with Crippen LogP contribution in [-0.4, -0.2) is 28.8 Å². The average Bonchev–Trinajstić information content (AvgIpc) is 2.84. The van der Waals surface area contributed by atoms with E-state index in [1.165, 1.54) is 11.8 Å². The van der Waals surface area contributed by atoms with E-state index in [1.54, 1.807) is 6.92 Å². The topological polar surface area (TPSA) is 80.5 Å². The van der Waals surface area contributed by atoms with Gasteiger partial charge in [0, 0.05) is 23.9 Å². The summed E-state index contributed by atoms with van der Waals surface area (Å²) in [5, 5.41) is 9.30. The second-order valence-electron chi connectivity index (χ2n) is 4.51. The number of hydrogen-bond donors (Lipinski definition) is 1. The summed E-state index contributed by atoms with van der Waals surface area (Å²) in [6.45, 7) is 2.09. The zero-order valence-corrected chi connectivity index (χ0v) is 12.6. The van der Waals surface area contributed by atoms with Crippen LogP contribution in [0, 0.1) is 11.3 Å². The molecule has 0 amide bonds. The molecule has 2 heterocycles. The second-order valence-corrected chi connectivity index (χ2v) is 5.54. The van der Waals surface area contributed by atoms with Crippen LogP contribution in [0.4, 0.5) is 0 Å². The number of nitriles is 1. The van der Waals surface area contributed by atoms with Crippen LogP contribution in [0.1, 0.15) is 18.1 Å². The zero-order valence-electron chi connectivity index (χ0n) is 11.8. The summed E-state index contributed by atoms with van der Waals surface area (Å²) in [4.78, 5) is 11.4. The molecule has 0 aliphatic carbocycles. The Morgan fingerprint density at radius 3 is 3.10 bits per heavy atom. The molecule has 1 atom stereocenters. The maximum atomic E-state index is 11.4. The highest BCUT2D eigenvalue weighted by atomic mass is 32.2. The molecule has 0 bridgehead atoms. The van der Waals surface area contributed by atoms with Crippen molar-refractivity contribution in [2.24, 2.45) is 5.73 Å². The van der Waals surface area contributed by atoms with E-state index in [4.69, 9.17) is 10.5 Å². The number of nitrogens with two attached hydrogens (primary N) is 1. The van der Waals surface area contributed by atoms with Crippen LogP contribution < -0.4 is 5.73 Å². The normalized spacial score (nSPS) is 12.0. The van der Waals surface area contributed by atoms with Crippen LogP contribution >= 0.6 is 11.8 Å². The smallest absolute Gasteiger partial charge is 0.323 e. The summed E-state index contributed by atoms with van der Waals surface area (Å²) in [6.07, 6.45) is 3.85. The highest BCUT2D eigenvalue weighted by Gasteiger charge is 2.15. The molecule has 2 aromatic heterocycles. The molecule has 5 nitrogen and oxygen atoms in total. The Hall–Kier alpha value is -1.97. The van der Waals surface area contributed by atoms with Gasteiger partial charge in [-0.1, -0.05) is 6.07 Å². The number of fused-ring (bicyclic) bond motifs is 1. The number of rotatable bonds is 6. The second kappa shape index (κ2) is 7.16. The predicted octanol–water partition coefficient (Wildman–Crippen LogP) is 1.93. The summed E-state index contributed by atoms with van der Waals surface area (Å²) in [7, 11) is 0. The minimum Gasteiger partial charge on any atom is -0.465 e. The Morgan fingerprint density at radius 2 is 2.38 bits per heavy atom. The van der Waals surface area contributed by atoms with Crippen molar-refractivity contribution in [1.82, 2.24) is 4.40 Å². The fourth-order valence-corrected chi connectivity index (χ4v) is 2.98. The number of ether oxygens (including phenoxy) is 1. The fraction of sp³-hybridized carbons (Fsp3) is 0.333. The lowest BCUT2D eigenvalue weighted by Crippen LogP contribution is -2.34. The minimum atomic E-state index is -0.627. The average molecular weight is 303 g/mol. The summed E-state index contributed by atoms with van der Waals surface area (Å²) in [5.41, 5.74) is 8.26. The van der Waals surface area contributed by atoms with Crippen LogP contribution in [0.3, 0.4) is 0 Å². The molecular weight excluding hydrogens is 286 g/mol. The first-order valence-corrected chi connectivity index (χ1v) is 7.81. The van der Waals surface area contributed by atoms with E-state index >= 15 is 0 Å². The zero-order chi connectivity index (χ0) is 15.2. The van der Waals surface area contributed by atoms with Crippen molar-refractivity contribution in [2.75, 3.05) is 12.4 Å². The molecule has 21 heavy (non-hydrogen) atoms. The molecule has 0 aliphatic heterocycles. The SMILES string of the molecule is CCOC(=O)C(N)CSCc1cn2ccccc2c1C#N. The van der Waals surface area contributed by atoms with Crippen LogP contribution in [0.25, 0.3) is 5.52 Å². The van der Waals surface area contributed by atoms with Crippen molar-refractivity contribution >= 4 is 23.2 Å². The third-order valence-corrected chi connectivity index (χ3v) is 4.13. The van der Waals surface area contributed by atoms with Gasteiger partial charge in [-0.3, -0.25) is 4.79 Å².